The predicted molar refractivity (Wildman–Crippen MR) is 123 cm³/mol. The van der Waals surface area contributed by atoms with Crippen molar-refractivity contribution in [3.63, 3.8) is 0 Å². The molecule has 0 aromatic carbocycles. The minimum absolute atomic E-state index is 0.0576. The van der Waals surface area contributed by atoms with Crippen LogP contribution in [0.25, 0.3) is 5.65 Å². The Balaban J connectivity index is 1.35. The lowest BCUT2D eigenvalue weighted by Gasteiger charge is -2.41. The first-order valence-corrected chi connectivity index (χ1v) is 11.7. The molecule has 8 nitrogen and oxygen atoms in total. The van der Waals surface area contributed by atoms with Crippen molar-refractivity contribution in [2.75, 3.05) is 11.9 Å². The van der Waals surface area contributed by atoms with E-state index in [0.29, 0.717) is 24.4 Å². The van der Waals surface area contributed by atoms with Crippen molar-refractivity contribution in [1.82, 2.24) is 14.0 Å². The number of amides is 1. The van der Waals surface area contributed by atoms with E-state index in [9.17, 15) is 14.0 Å². The largest absolute Gasteiger partial charge is 0.490 e. The highest BCUT2D eigenvalue weighted by molar-refractivity contribution is 6.06. The zero-order valence-electron chi connectivity index (χ0n) is 19.4. The summed E-state index contributed by atoms with van der Waals surface area (Å²) in [5, 5.41) is 2.70. The fourth-order valence-electron chi connectivity index (χ4n) is 5.44. The zero-order valence-corrected chi connectivity index (χ0v) is 19.4. The lowest BCUT2D eigenvalue weighted by Crippen LogP contribution is -2.45. The molecule has 4 aliphatic rings. The molecule has 2 saturated carbocycles. The van der Waals surface area contributed by atoms with Crippen molar-refractivity contribution >= 4 is 17.2 Å². The molecule has 34 heavy (non-hydrogen) atoms. The van der Waals surface area contributed by atoms with Gasteiger partial charge >= 0.3 is 0 Å². The van der Waals surface area contributed by atoms with Crippen molar-refractivity contribution < 1.29 is 18.7 Å². The number of fused-ring (bicyclic) bond motifs is 2. The van der Waals surface area contributed by atoms with Crippen LogP contribution in [0.15, 0.2) is 41.6 Å². The number of pyridine rings is 2. The molecule has 2 aliphatic heterocycles. The zero-order chi connectivity index (χ0) is 23.8. The van der Waals surface area contributed by atoms with E-state index in [1.54, 1.807) is 24.5 Å². The number of rotatable bonds is 6. The summed E-state index contributed by atoms with van der Waals surface area (Å²) in [6, 6.07) is 4.45. The molecule has 178 valence electrons. The first-order valence-electron chi connectivity index (χ1n) is 11.7. The fraction of sp³-hybridized carbons (Fsp3) is 0.480. The molecule has 0 radical (unpaired) electrons. The molecule has 1 N–H and O–H groups in total. The molecule has 2 bridgehead atoms. The summed E-state index contributed by atoms with van der Waals surface area (Å²) in [5.74, 6) is -0.0909. The summed E-state index contributed by atoms with van der Waals surface area (Å²) in [7, 11) is 0. The van der Waals surface area contributed by atoms with E-state index in [1.807, 2.05) is 24.4 Å². The molecular weight excluding hydrogens is 439 g/mol. The van der Waals surface area contributed by atoms with Crippen LogP contribution in [0.1, 0.15) is 62.1 Å². The number of imidazole rings is 1. The molecule has 2 aliphatic carbocycles. The van der Waals surface area contributed by atoms with Crippen LogP contribution in [0, 0.1) is 0 Å². The molecule has 9 heteroatoms. The first-order chi connectivity index (χ1) is 16.2. The van der Waals surface area contributed by atoms with Crippen LogP contribution in [-0.2, 0) is 10.2 Å². The highest BCUT2D eigenvalue weighted by atomic mass is 19.1. The van der Waals surface area contributed by atoms with Crippen LogP contribution in [0.5, 0.6) is 5.75 Å². The summed E-state index contributed by atoms with van der Waals surface area (Å²) < 4.78 is 28.5. The van der Waals surface area contributed by atoms with Crippen LogP contribution in [0.3, 0.4) is 0 Å². The Morgan fingerprint density at radius 2 is 2.12 bits per heavy atom. The number of nitrogens with zero attached hydrogens (tertiary/aromatic N) is 3. The Kier molecular flexibility index (Phi) is 4.49. The van der Waals surface area contributed by atoms with E-state index in [0.717, 1.165) is 18.5 Å². The van der Waals surface area contributed by atoms with Gasteiger partial charge in [0.15, 0.2) is 0 Å². The summed E-state index contributed by atoms with van der Waals surface area (Å²) in [4.78, 5) is 30.9. The van der Waals surface area contributed by atoms with Gasteiger partial charge in [-0.3, -0.25) is 9.59 Å². The van der Waals surface area contributed by atoms with Gasteiger partial charge in [-0.2, -0.15) is 0 Å². The predicted octanol–water partition coefficient (Wildman–Crippen LogP) is 3.64. The maximum Gasteiger partial charge on any atom is 0.274 e. The molecule has 2 unspecified atom stereocenters. The highest BCUT2D eigenvalue weighted by Crippen LogP contribution is 2.58. The normalized spacial score (nSPS) is 29.3. The van der Waals surface area contributed by atoms with Crippen molar-refractivity contribution in [1.29, 1.82) is 0 Å². The molecule has 5 heterocycles. The fourth-order valence-corrected chi connectivity index (χ4v) is 5.44. The molecule has 7 rings (SSSR count). The number of carbonyl (C=O) groups excluding carboxylic acids is 1. The Labute approximate surface area is 195 Å². The maximum atomic E-state index is 13.5. The van der Waals surface area contributed by atoms with Gasteiger partial charge < -0.3 is 23.8 Å². The topological polar surface area (TPSA) is 86.9 Å². The minimum Gasteiger partial charge on any atom is -0.490 e. The summed E-state index contributed by atoms with van der Waals surface area (Å²) in [5.41, 5.74) is 1.46. The highest BCUT2D eigenvalue weighted by Gasteiger charge is 2.61. The molecule has 3 aromatic rings. The molecule has 2 saturated heterocycles. The number of halogens is 1. The standard InChI is InChI=1S/C25H27FN4O4/c1-14(2)34-19-8-21-28-20(25-11-24(3,12-25)33-13-25)10-29(21)9-15(19)22(31)27-17-5-4-6-30(23(17)32)18-7-16(18)26/h4-6,8-10,14,16,18H,7,11-13H2,1-3H3,(H,27,31)/t16?,18?,24-,25+. The van der Waals surface area contributed by atoms with Crippen molar-refractivity contribution in [2.24, 2.45) is 0 Å². The van der Waals surface area contributed by atoms with Gasteiger partial charge in [-0.1, -0.05) is 0 Å². The smallest absolute Gasteiger partial charge is 0.274 e. The van der Waals surface area contributed by atoms with Crippen LogP contribution in [0.2, 0.25) is 0 Å². The number of carbonyl (C=O) groups is 1. The van der Waals surface area contributed by atoms with E-state index >= 15 is 0 Å². The van der Waals surface area contributed by atoms with Crippen LogP contribution in [0.4, 0.5) is 10.1 Å². The van der Waals surface area contributed by atoms with E-state index in [4.69, 9.17) is 14.5 Å². The van der Waals surface area contributed by atoms with Crippen LogP contribution < -0.4 is 15.6 Å². The number of anilines is 1. The second-order valence-corrected chi connectivity index (χ2v) is 10.4. The molecule has 4 fully saturated rings. The second kappa shape index (κ2) is 7.15. The van der Waals surface area contributed by atoms with E-state index in [1.165, 1.54) is 10.6 Å². The molecule has 2 atom stereocenters. The summed E-state index contributed by atoms with van der Waals surface area (Å²) in [6.07, 6.45) is 6.18. The van der Waals surface area contributed by atoms with Gasteiger partial charge in [0.25, 0.3) is 11.5 Å². The summed E-state index contributed by atoms with van der Waals surface area (Å²) in [6.45, 7) is 6.54. The minimum atomic E-state index is -1.02. The Bertz CT molecular complexity index is 1370. The van der Waals surface area contributed by atoms with E-state index < -0.39 is 23.7 Å². The number of alkyl halides is 1. The Morgan fingerprint density at radius 1 is 1.35 bits per heavy atom. The van der Waals surface area contributed by atoms with Crippen LogP contribution >= 0.6 is 0 Å². The van der Waals surface area contributed by atoms with Gasteiger partial charge in [0.2, 0.25) is 0 Å². The van der Waals surface area contributed by atoms with Gasteiger partial charge in [0.05, 0.1) is 35.6 Å². The Hall–Kier alpha value is -3.20. The van der Waals surface area contributed by atoms with Crippen LogP contribution in [-0.4, -0.2) is 44.3 Å². The Morgan fingerprint density at radius 3 is 2.76 bits per heavy atom. The second-order valence-electron chi connectivity index (χ2n) is 10.4. The lowest BCUT2D eigenvalue weighted by atomic mass is 9.62. The van der Waals surface area contributed by atoms with Gasteiger partial charge in [0, 0.05) is 36.5 Å². The SMILES string of the molecule is CC(C)Oc1cc2nc([C@]34CO[C@@](C)(C3)C4)cn2cc1C(=O)Nc1cccn(C2CC2F)c1=O. The van der Waals surface area contributed by atoms with Crippen molar-refractivity contribution in [3.05, 3.63) is 58.4 Å². The average Bonchev–Trinajstić information content (AvgIpc) is 3.08. The maximum absolute atomic E-state index is 13.5. The monoisotopic (exact) mass is 466 g/mol. The third kappa shape index (κ3) is 3.33. The van der Waals surface area contributed by atoms with Gasteiger partial charge in [-0.25, -0.2) is 9.37 Å². The number of hydrogen-bond acceptors (Lipinski definition) is 5. The third-order valence-corrected chi connectivity index (χ3v) is 7.09. The number of hydrogen-bond donors (Lipinski definition) is 1. The first kappa shape index (κ1) is 21.3. The van der Waals surface area contributed by atoms with Gasteiger partial charge in [0.1, 0.15) is 23.3 Å². The average molecular weight is 467 g/mol. The molecular formula is C25H27FN4O4. The number of aromatic nitrogens is 3. The van der Waals surface area contributed by atoms with E-state index in [-0.39, 0.29) is 28.4 Å². The number of nitrogens with one attached hydrogen (secondary N) is 1. The molecule has 1 amide bonds. The molecule has 0 spiro atoms. The third-order valence-electron chi connectivity index (χ3n) is 7.09. The van der Waals surface area contributed by atoms with Crippen molar-refractivity contribution in [3.8, 4) is 5.75 Å². The quantitative estimate of drug-likeness (QED) is 0.600. The number of ether oxygens (including phenoxy) is 2. The van der Waals surface area contributed by atoms with Gasteiger partial charge in [-0.15, -0.1) is 0 Å². The molecule has 3 aromatic heterocycles. The van der Waals surface area contributed by atoms with Crippen molar-refractivity contribution in [2.45, 2.75) is 69.4 Å². The van der Waals surface area contributed by atoms with Gasteiger partial charge in [-0.05, 0) is 45.7 Å². The lowest BCUT2D eigenvalue weighted by molar-refractivity contribution is 0.0154. The van der Waals surface area contributed by atoms with E-state index in [2.05, 4.69) is 12.2 Å². The summed E-state index contributed by atoms with van der Waals surface area (Å²) >= 11 is 0.